The summed E-state index contributed by atoms with van der Waals surface area (Å²) in [5, 5.41) is 5.69. The lowest BCUT2D eigenvalue weighted by atomic mass is 9.94. The van der Waals surface area contributed by atoms with E-state index < -0.39 is 0 Å². The van der Waals surface area contributed by atoms with E-state index in [1.54, 1.807) is 30.1 Å². The maximum Gasteiger partial charge on any atom is 0.257 e. The maximum atomic E-state index is 13.3. The van der Waals surface area contributed by atoms with Gasteiger partial charge in [-0.1, -0.05) is 30.3 Å². The number of methoxy groups -OCH3 is 1. The van der Waals surface area contributed by atoms with Crippen molar-refractivity contribution in [2.75, 3.05) is 39.2 Å². The van der Waals surface area contributed by atoms with E-state index in [4.69, 9.17) is 14.2 Å². The Morgan fingerprint density at radius 3 is 2.69 bits per heavy atom. The summed E-state index contributed by atoms with van der Waals surface area (Å²) in [6, 6.07) is 14.8. The van der Waals surface area contributed by atoms with Gasteiger partial charge in [0.2, 0.25) is 11.8 Å². The van der Waals surface area contributed by atoms with Crippen molar-refractivity contribution >= 4 is 23.4 Å². The first kappa shape index (κ1) is 25.7. The second-order valence-corrected chi connectivity index (χ2v) is 9.15. The molecule has 2 aliphatic heterocycles. The van der Waals surface area contributed by atoms with Gasteiger partial charge in [-0.05, 0) is 43.0 Å². The highest BCUT2D eigenvalue weighted by molar-refractivity contribution is 6.00. The fourth-order valence-corrected chi connectivity index (χ4v) is 4.70. The summed E-state index contributed by atoms with van der Waals surface area (Å²) >= 11 is 0. The highest BCUT2D eigenvalue weighted by Gasteiger charge is 2.39. The van der Waals surface area contributed by atoms with Crippen molar-refractivity contribution in [3.05, 3.63) is 59.7 Å². The predicted molar refractivity (Wildman–Crippen MR) is 134 cm³/mol. The number of hydrogen-bond acceptors (Lipinski definition) is 6. The molecule has 0 aromatic heterocycles. The van der Waals surface area contributed by atoms with Crippen LogP contribution >= 0.6 is 0 Å². The van der Waals surface area contributed by atoms with E-state index in [1.165, 1.54) is 12.7 Å². The lowest BCUT2D eigenvalue weighted by Gasteiger charge is -2.42. The molecule has 2 aliphatic rings. The zero-order chi connectivity index (χ0) is 25.5. The first-order chi connectivity index (χ1) is 17.4. The number of fused-ring (bicyclic) bond motifs is 2. The molecule has 0 spiro atoms. The molecule has 3 amide bonds. The lowest BCUT2D eigenvalue weighted by molar-refractivity contribution is -0.134. The van der Waals surface area contributed by atoms with Crippen LogP contribution in [0.3, 0.4) is 0 Å². The zero-order valence-corrected chi connectivity index (χ0v) is 20.7. The van der Waals surface area contributed by atoms with E-state index in [-0.39, 0.29) is 55.6 Å². The van der Waals surface area contributed by atoms with Crippen molar-refractivity contribution in [2.24, 2.45) is 0 Å². The molecule has 0 unspecified atom stereocenters. The van der Waals surface area contributed by atoms with Gasteiger partial charge in [-0.15, -0.1) is 0 Å². The van der Waals surface area contributed by atoms with Gasteiger partial charge in [0.1, 0.15) is 25.1 Å². The van der Waals surface area contributed by atoms with Crippen LogP contribution < -0.4 is 15.4 Å². The largest absolute Gasteiger partial charge is 0.490 e. The highest BCUT2D eigenvalue weighted by atomic mass is 16.5. The third-order valence-electron chi connectivity index (χ3n) is 6.56. The molecule has 2 aromatic carbocycles. The average Bonchev–Trinajstić information content (AvgIpc) is 2.87. The second-order valence-electron chi connectivity index (χ2n) is 9.15. The molecule has 4 rings (SSSR count). The van der Waals surface area contributed by atoms with Crippen LogP contribution in [-0.4, -0.2) is 74.8 Å². The number of nitrogens with one attached hydrogen (secondary N) is 2. The minimum Gasteiger partial charge on any atom is -0.490 e. The van der Waals surface area contributed by atoms with Crippen molar-refractivity contribution in [1.82, 2.24) is 10.2 Å². The molecule has 2 heterocycles. The molecule has 2 aromatic rings. The van der Waals surface area contributed by atoms with Gasteiger partial charge in [0.15, 0.2) is 0 Å². The van der Waals surface area contributed by atoms with Crippen molar-refractivity contribution in [3.63, 3.8) is 0 Å². The van der Waals surface area contributed by atoms with Gasteiger partial charge < -0.3 is 29.7 Å². The lowest BCUT2D eigenvalue weighted by Crippen LogP contribution is -2.54. The fourth-order valence-electron chi connectivity index (χ4n) is 4.70. The van der Waals surface area contributed by atoms with Crippen LogP contribution in [0.1, 0.15) is 35.2 Å². The molecule has 192 valence electrons. The van der Waals surface area contributed by atoms with Gasteiger partial charge in [-0.2, -0.15) is 0 Å². The molecule has 9 heteroatoms. The van der Waals surface area contributed by atoms with E-state index in [1.807, 2.05) is 30.3 Å². The van der Waals surface area contributed by atoms with E-state index in [0.29, 0.717) is 36.4 Å². The Morgan fingerprint density at radius 1 is 1.11 bits per heavy atom. The van der Waals surface area contributed by atoms with E-state index >= 15 is 0 Å². The third-order valence-corrected chi connectivity index (χ3v) is 6.56. The SMILES string of the molecule is COCC(=O)Nc1ccc2c(c1)C(=O)N(C)[C@@H]1CC[C@H](CC(=O)NCCc3ccccc3)O[C@H]1CO2. The average molecular weight is 496 g/mol. The number of likely N-dealkylation sites (N-methyl/N-ethyl adjacent to an activating group) is 1. The normalized spacial score (nSPS) is 21.3. The van der Waals surface area contributed by atoms with Crippen molar-refractivity contribution < 1.29 is 28.6 Å². The molecular weight excluding hydrogens is 462 g/mol. The molecule has 9 nitrogen and oxygen atoms in total. The van der Waals surface area contributed by atoms with Gasteiger partial charge in [0, 0.05) is 26.4 Å². The number of anilines is 1. The number of carbonyl (C=O) groups is 3. The minimum absolute atomic E-state index is 0.0426. The highest BCUT2D eigenvalue weighted by Crippen LogP contribution is 2.32. The Balaban J connectivity index is 1.34. The third kappa shape index (κ3) is 6.41. The summed E-state index contributed by atoms with van der Waals surface area (Å²) in [6.45, 7) is 0.762. The number of benzene rings is 2. The Kier molecular flexibility index (Phi) is 8.56. The van der Waals surface area contributed by atoms with Crippen LogP contribution in [0.15, 0.2) is 48.5 Å². The van der Waals surface area contributed by atoms with Gasteiger partial charge in [0.25, 0.3) is 5.91 Å². The van der Waals surface area contributed by atoms with Crippen molar-refractivity contribution in [3.8, 4) is 5.75 Å². The predicted octanol–water partition coefficient (Wildman–Crippen LogP) is 2.40. The Bertz CT molecular complexity index is 1080. The van der Waals surface area contributed by atoms with Crippen LogP contribution in [-0.2, 0) is 25.5 Å². The Labute approximate surface area is 211 Å². The molecule has 2 N–H and O–H groups in total. The summed E-state index contributed by atoms with van der Waals surface area (Å²) in [7, 11) is 3.20. The zero-order valence-electron chi connectivity index (χ0n) is 20.7. The van der Waals surface area contributed by atoms with Gasteiger partial charge in [-0.25, -0.2) is 0 Å². The standard InChI is InChI=1S/C27H33N3O6/c1-30-22-10-9-20(15-25(31)28-13-12-18-6-4-3-5-7-18)36-24(22)16-35-23-11-8-19(14-21(23)27(30)33)29-26(32)17-34-2/h3-8,11,14,20,22,24H,9-10,12-13,15-17H2,1-2H3,(H,28,31)(H,29,32)/t20-,22-,24+/m1/s1. The van der Waals surface area contributed by atoms with Crippen molar-refractivity contribution in [2.45, 2.75) is 43.9 Å². The quantitative estimate of drug-likeness (QED) is 0.583. The van der Waals surface area contributed by atoms with Crippen LogP contribution in [0.5, 0.6) is 5.75 Å². The minimum atomic E-state index is -0.343. The number of hydrogen-bond donors (Lipinski definition) is 2. The first-order valence-corrected chi connectivity index (χ1v) is 12.2. The number of carbonyl (C=O) groups excluding carboxylic acids is 3. The molecule has 0 bridgehead atoms. The number of ether oxygens (including phenoxy) is 3. The summed E-state index contributed by atoms with van der Waals surface area (Å²) in [5.74, 6) is -0.123. The summed E-state index contributed by atoms with van der Waals surface area (Å²) in [5.41, 5.74) is 2.06. The molecular formula is C27H33N3O6. The molecule has 0 saturated carbocycles. The molecule has 36 heavy (non-hydrogen) atoms. The summed E-state index contributed by atoms with van der Waals surface area (Å²) < 4.78 is 17.1. The topological polar surface area (TPSA) is 106 Å². The maximum absolute atomic E-state index is 13.3. The first-order valence-electron chi connectivity index (χ1n) is 12.2. The van der Waals surface area contributed by atoms with E-state index in [9.17, 15) is 14.4 Å². The molecule has 3 atom stereocenters. The Hall–Kier alpha value is -3.43. The van der Waals surface area contributed by atoms with E-state index in [0.717, 1.165) is 6.42 Å². The monoisotopic (exact) mass is 495 g/mol. The fraction of sp³-hybridized carbons (Fsp3) is 0.444. The molecule has 0 radical (unpaired) electrons. The van der Waals surface area contributed by atoms with Gasteiger partial charge in [0.05, 0.1) is 24.1 Å². The summed E-state index contributed by atoms with van der Waals surface area (Å²) in [4.78, 5) is 39.3. The van der Waals surface area contributed by atoms with Crippen LogP contribution in [0.25, 0.3) is 0 Å². The number of amides is 3. The van der Waals surface area contributed by atoms with Gasteiger partial charge >= 0.3 is 0 Å². The van der Waals surface area contributed by atoms with Crippen LogP contribution in [0.4, 0.5) is 5.69 Å². The van der Waals surface area contributed by atoms with Crippen LogP contribution in [0, 0.1) is 0 Å². The van der Waals surface area contributed by atoms with Crippen molar-refractivity contribution in [1.29, 1.82) is 0 Å². The second kappa shape index (κ2) is 12.0. The molecule has 0 aliphatic carbocycles. The Morgan fingerprint density at radius 2 is 1.92 bits per heavy atom. The van der Waals surface area contributed by atoms with E-state index in [2.05, 4.69) is 10.6 Å². The molecule has 1 fully saturated rings. The smallest absolute Gasteiger partial charge is 0.257 e. The molecule has 1 saturated heterocycles. The number of rotatable bonds is 8. The number of nitrogens with zero attached hydrogens (tertiary/aromatic N) is 1. The van der Waals surface area contributed by atoms with Crippen LogP contribution in [0.2, 0.25) is 0 Å². The summed E-state index contributed by atoms with van der Waals surface area (Å²) in [6.07, 6.45) is 1.86. The van der Waals surface area contributed by atoms with Gasteiger partial charge in [-0.3, -0.25) is 14.4 Å².